The zero-order valence-corrected chi connectivity index (χ0v) is 13.3. The summed E-state index contributed by atoms with van der Waals surface area (Å²) in [6.45, 7) is 0.882. The molecule has 2 heterocycles. The topological polar surface area (TPSA) is 55.3 Å². The van der Waals surface area contributed by atoms with Crippen molar-refractivity contribution >= 4 is 46.0 Å². The van der Waals surface area contributed by atoms with Gasteiger partial charge in [-0.05, 0) is 12.8 Å². The standard InChI is InChI=1S/C12H13ClIN3O2/c1-19-12(18)6-2-7(3-6)17-4-8(14)9-10(13)15-5-16-11(9)17/h5-8H,2-4H2,1H3. The van der Waals surface area contributed by atoms with Gasteiger partial charge in [0.05, 0.1) is 17.0 Å². The molecule has 0 aromatic carbocycles. The second-order valence-corrected chi connectivity index (χ2v) is 6.73. The summed E-state index contributed by atoms with van der Waals surface area (Å²) < 4.78 is 5.07. The van der Waals surface area contributed by atoms with Crippen LogP contribution in [0.4, 0.5) is 5.82 Å². The van der Waals surface area contributed by atoms with E-state index in [1.165, 1.54) is 13.4 Å². The zero-order chi connectivity index (χ0) is 13.6. The Morgan fingerprint density at radius 1 is 1.53 bits per heavy atom. The fraction of sp³-hybridized carbons (Fsp3) is 0.583. The molecule has 0 saturated heterocycles. The van der Waals surface area contributed by atoms with Gasteiger partial charge >= 0.3 is 5.97 Å². The van der Waals surface area contributed by atoms with Gasteiger partial charge in [0.15, 0.2) is 0 Å². The summed E-state index contributed by atoms with van der Waals surface area (Å²) in [6, 6.07) is 0.355. The summed E-state index contributed by atoms with van der Waals surface area (Å²) in [5, 5.41) is 0.538. The molecule has 1 saturated carbocycles. The van der Waals surface area contributed by atoms with E-state index in [1.54, 1.807) is 0 Å². The van der Waals surface area contributed by atoms with E-state index in [0.717, 1.165) is 30.8 Å². The predicted molar refractivity (Wildman–Crippen MR) is 79.7 cm³/mol. The third-order valence-corrected chi connectivity index (χ3v) is 5.16. The van der Waals surface area contributed by atoms with Crippen molar-refractivity contribution in [3.05, 3.63) is 17.0 Å². The maximum absolute atomic E-state index is 11.4. The predicted octanol–water partition coefficient (Wildman–Crippen LogP) is 2.38. The van der Waals surface area contributed by atoms with Gasteiger partial charge in [-0.25, -0.2) is 9.97 Å². The van der Waals surface area contributed by atoms with Crippen LogP contribution in [0.15, 0.2) is 6.33 Å². The van der Waals surface area contributed by atoms with Crippen molar-refractivity contribution in [3.8, 4) is 0 Å². The highest BCUT2D eigenvalue weighted by Crippen LogP contribution is 2.46. The summed E-state index contributed by atoms with van der Waals surface area (Å²) in [5.41, 5.74) is 1.02. The molecule has 1 atom stereocenters. The minimum atomic E-state index is -0.109. The van der Waals surface area contributed by atoms with Gasteiger partial charge in [0, 0.05) is 18.2 Å². The van der Waals surface area contributed by atoms with Crippen molar-refractivity contribution in [2.75, 3.05) is 18.6 Å². The molecule has 0 bridgehead atoms. The molecule has 5 nitrogen and oxygen atoms in total. The molecule has 7 heteroatoms. The van der Waals surface area contributed by atoms with Crippen molar-refractivity contribution < 1.29 is 9.53 Å². The van der Waals surface area contributed by atoms with Crippen molar-refractivity contribution in [2.45, 2.75) is 22.8 Å². The van der Waals surface area contributed by atoms with Gasteiger partial charge in [0.2, 0.25) is 0 Å². The molecule has 1 aliphatic carbocycles. The molecule has 0 N–H and O–H groups in total. The number of aromatic nitrogens is 2. The molecule has 3 rings (SSSR count). The number of anilines is 1. The third kappa shape index (κ3) is 2.18. The fourth-order valence-corrected chi connectivity index (χ4v) is 4.18. The normalized spacial score (nSPS) is 28.8. The van der Waals surface area contributed by atoms with Crippen molar-refractivity contribution in [1.82, 2.24) is 9.97 Å². The number of esters is 1. The summed E-state index contributed by atoms with van der Waals surface area (Å²) >= 11 is 8.51. The van der Waals surface area contributed by atoms with Crippen LogP contribution in [0.3, 0.4) is 0 Å². The Hall–Kier alpha value is -0.630. The number of methoxy groups -OCH3 is 1. The molecule has 102 valence electrons. The van der Waals surface area contributed by atoms with E-state index < -0.39 is 0 Å². The first-order valence-corrected chi connectivity index (χ1v) is 7.73. The van der Waals surface area contributed by atoms with E-state index in [1.807, 2.05) is 0 Å². The Morgan fingerprint density at radius 3 is 2.95 bits per heavy atom. The first kappa shape index (κ1) is 13.4. The molecule has 1 aromatic rings. The molecule has 1 aromatic heterocycles. The molecule has 0 amide bonds. The van der Waals surface area contributed by atoms with Gasteiger partial charge in [-0.3, -0.25) is 4.79 Å². The number of fused-ring (bicyclic) bond motifs is 1. The van der Waals surface area contributed by atoms with Crippen LogP contribution < -0.4 is 4.90 Å². The summed E-state index contributed by atoms with van der Waals surface area (Å²) in [4.78, 5) is 22.1. The van der Waals surface area contributed by atoms with Crippen LogP contribution in [0.2, 0.25) is 5.15 Å². The molecule has 2 aliphatic rings. The van der Waals surface area contributed by atoms with Gasteiger partial charge in [-0.2, -0.15) is 0 Å². The summed E-state index contributed by atoms with van der Waals surface area (Å²) in [7, 11) is 1.44. The maximum Gasteiger partial charge on any atom is 0.308 e. The number of carbonyl (C=O) groups excluding carboxylic acids is 1. The van der Waals surface area contributed by atoms with Crippen LogP contribution in [0.1, 0.15) is 22.3 Å². The van der Waals surface area contributed by atoms with Crippen LogP contribution >= 0.6 is 34.2 Å². The highest BCUT2D eigenvalue weighted by molar-refractivity contribution is 14.1. The zero-order valence-electron chi connectivity index (χ0n) is 10.3. The van der Waals surface area contributed by atoms with Crippen molar-refractivity contribution in [2.24, 2.45) is 5.92 Å². The average Bonchev–Trinajstić information content (AvgIpc) is 2.66. The van der Waals surface area contributed by atoms with E-state index in [2.05, 4.69) is 37.5 Å². The van der Waals surface area contributed by atoms with E-state index in [-0.39, 0.29) is 11.9 Å². The third-order valence-electron chi connectivity index (χ3n) is 3.85. The summed E-state index contributed by atoms with van der Waals surface area (Å²) in [5.74, 6) is 0.846. The van der Waals surface area contributed by atoms with Gasteiger partial charge < -0.3 is 9.64 Å². The van der Waals surface area contributed by atoms with E-state index in [4.69, 9.17) is 16.3 Å². The van der Waals surface area contributed by atoms with Crippen LogP contribution in [-0.2, 0) is 9.53 Å². The quantitative estimate of drug-likeness (QED) is 0.334. The van der Waals surface area contributed by atoms with Crippen LogP contribution in [0, 0.1) is 5.92 Å². The smallest absolute Gasteiger partial charge is 0.308 e. The average molecular weight is 394 g/mol. The lowest BCUT2D eigenvalue weighted by atomic mass is 9.79. The van der Waals surface area contributed by atoms with Crippen LogP contribution in [0.25, 0.3) is 0 Å². The Morgan fingerprint density at radius 2 is 2.26 bits per heavy atom. The molecule has 1 unspecified atom stereocenters. The summed E-state index contributed by atoms with van der Waals surface area (Å²) in [6.07, 6.45) is 3.16. The minimum Gasteiger partial charge on any atom is -0.469 e. The monoisotopic (exact) mass is 393 g/mol. The lowest BCUT2D eigenvalue weighted by Gasteiger charge is -2.40. The number of carbonyl (C=O) groups is 1. The molecule has 0 radical (unpaired) electrons. The molecule has 1 fully saturated rings. The maximum atomic E-state index is 11.4. The lowest BCUT2D eigenvalue weighted by Crippen LogP contribution is -2.47. The number of halogens is 2. The van der Waals surface area contributed by atoms with Gasteiger partial charge in [-0.1, -0.05) is 34.2 Å². The fourth-order valence-electron chi connectivity index (χ4n) is 2.74. The molecular weight excluding hydrogens is 381 g/mol. The molecule has 1 aliphatic heterocycles. The molecular formula is C12H13ClIN3O2. The van der Waals surface area contributed by atoms with Gasteiger partial charge in [-0.15, -0.1) is 0 Å². The van der Waals surface area contributed by atoms with E-state index >= 15 is 0 Å². The molecule has 0 spiro atoms. The van der Waals surface area contributed by atoms with Crippen molar-refractivity contribution in [3.63, 3.8) is 0 Å². The second kappa shape index (κ2) is 5.05. The van der Waals surface area contributed by atoms with Gasteiger partial charge in [0.1, 0.15) is 17.3 Å². The Balaban J connectivity index is 1.77. The number of hydrogen-bond donors (Lipinski definition) is 0. The van der Waals surface area contributed by atoms with Gasteiger partial charge in [0.25, 0.3) is 0 Å². The second-order valence-electron chi connectivity index (χ2n) is 4.87. The van der Waals surface area contributed by atoms with Crippen LogP contribution in [0.5, 0.6) is 0 Å². The lowest BCUT2D eigenvalue weighted by molar-refractivity contribution is -0.148. The van der Waals surface area contributed by atoms with E-state index in [0.29, 0.717) is 15.1 Å². The Labute approximate surface area is 129 Å². The van der Waals surface area contributed by atoms with Crippen molar-refractivity contribution in [1.29, 1.82) is 0 Å². The number of hydrogen-bond acceptors (Lipinski definition) is 5. The number of ether oxygens (including phenoxy) is 1. The SMILES string of the molecule is COC(=O)C1CC(N2CC(I)c3c(Cl)ncnc32)C1. The number of rotatable bonds is 2. The highest BCUT2D eigenvalue weighted by Gasteiger charge is 2.43. The number of alkyl halides is 1. The molecule has 19 heavy (non-hydrogen) atoms. The van der Waals surface area contributed by atoms with Crippen LogP contribution in [-0.4, -0.2) is 35.6 Å². The first-order valence-electron chi connectivity index (χ1n) is 6.10. The largest absolute Gasteiger partial charge is 0.469 e. The van der Waals surface area contributed by atoms with E-state index in [9.17, 15) is 4.79 Å². The Bertz CT molecular complexity index is 522. The minimum absolute atomic E-state index is 0.0315. The first-order chi connectivity index (χ1) is 9.11. The Kier molecular flexibility index (Phi) is 3.55. The number of nitrogens with zero attached hydrogens (tertiary/aromatic N) is 3. The highest BCUT2D eigenvalue weighted by atomic mass is 127.